The number of carbonyl (C=O) groups excluding carboxylic acids is 1. The Balaban J connectivity index is 1.44. The van der Waals surface area contributed by atoms with E-state index in [2.05, 4.69) is 29.2 Å². The Kier molecular flexibility index (Phi) is 6.29. The number of carbonyl (C=O) groups is 1. The van der Waals surface area contributed by atoms with E-state index < -0.39 is 0 Å². The lowest BCUT2D eigenvalue weighted by Gasteiger charge is -2.19. The van der Waals surface area contributed by atoms with Gasteiger partial charge in [-0.1, -0.05) is 40.6 Å². The van der Waals surface area contributed by atoms with Crippen molar-refractivity contribution in [3.8, 4) is 0 Å². The molecule has 1 aromatic heterocycles. The molecule has 8 heteroatoms. The second-order valence-electron chi connectivity index (χ2n) is 7.53. The smallest absolute Gasteiger partial charge is 0.248 e. The van der Waals surface area contributed by atoms with Gasteiger partial charge in [0.05, 0.1) is 20.3 Å². The van der Waals surface area contributed by atoms with Crippen molar-refractivity contribution in [3.63, 3.8) is 0 Å². The number of hydrogen-bond donors (Lipinski definition) is 1. The molecule has 0 aliphatic carbocycles. The zero-order valence-corrected chi connectivity index (χ0v) is 19.1. The molecule has 0 saturated carbocycles. The third-order valence-corrected chi connectivity index (χ3v) is 7.00. The van der Waals surface area contributed by atoms with Crippen molar-refractivity contribution in [1.29, 1.82) is 0 Å². The highest BCUT2D eigenvalue weighted by atomic mass is 35.5. The van der Waals surface area contributed by atoms with Crippen LogP contribution in [0.25, 0.3) is 16.3 Å². The van der Waals surface area contributed by atoms with E-state index in [9.17, 15) is 4.79 Å². The normalized spacial score (nSPS) is 16.8. The fourth-order valence-corrected chi connectivity index (χ4v) is 4.78. The first-order chi connectivity index (χ1) is 14.4. The molecule has 3 aromatic rings. The molecule has 1 fully saturated rings. The summed E-state index contributed by atoms with van der Waals surface area (Å²) in [4.78, 5) is 21.7. The quantitative estimate of drug-likeness (QED) is 0.518. The van der Waals surface area contributed by atoms with Gasteiger partial charge in [0.2, 0.25) is 5.91 Å². The number of aromatic nitrogens is 1. The fourth-order valence-electron chi connectivity index (χ4n) is 3.43. The molecule has 0 spiro atoms. The lowest BCUT2D eigenvalue weighted by Crippen LogP contribution is -2.31. The van der Waals surface area contributed by atoms with Crippen LogP contribution in [0.2, 0.25) is 10.0 Å². The average Bonchev–Trinajstić information content (AvgIpc) is 3.35. The molecule has 2 heterocycles. The average molecular weight is 461 g/mol. The molecule has 0 radical (unpaired) electrons. The maximum atomic E-state index is 12.3. The van der Waals surface area contributed by atoms with E-state index in [0.29, 0.717) is 16.1 Å². The van der Waals surface area contributed by atoms with Crippen molar-refractivity contribution in [2.24, 2.45) is 0 Å². The summed E-state index contributed by atoms with van der Waals surface area (Å²) in [6.45, 7) is 2.02. The number of nitrogens with zero attached hydrogens (tertiary/aromatic N) is 3. The van der Waals surface area contributed by atoms with Gasteiger partial charge in [-0.05, 0) is 62.5 Å². The molecule has 1 saturated heterocycles. The largest absolute Gasteiger partial charge is 0.346 e. The van der Waals surface area contributed by atoms with Gasteiger partial charge in [-0.3, -0.25) is 4.79 Å². The number of amides is 1. The van der Waals surface area contributed by atoms with Gasteiger partial charge in [0, 0.05) is 30.9 Å². The van der Waals surface area contributed by atoms with E-state index in [0.717, 1.165) is 46.1 Å². The van der Waals surface area contributed by atoms with E-state index in [1.54, 1.807) is 29.5 Å². The molecule has 2 aromatic carbocycles. The van der Waals surface area contributed by atoms with E-state index in [1.807, 2.05) is 24.3 Å². The lowest BCUT2D eigenvalue weighted by molar-refractivity contribution is -0.111. The maximum Gasteiger partial charge on any atom is 0.248 e. The van der Waals surface area contributed by atoms with Crippen LogP contribution < -0.4 is 10.2 Å². The molecule has 156 valence electrons. The Morgan fingerprint density at radius 1 is 1.23 bits per heavy atom. The van der Waals surface area contributed by atoms with Crippen molar-refractivity contribution in [3.05, 3.63) is 58.1 Å². The van der Waals surface area contributed by atoms with Crippen LogP contribution in [0, 0.1) is 0 Å². The van der Waals surface area contributed by atoms with Crippen LogP contribution in [-0.2, 0) is 4.79 Å². The number of benzene rings is 2. The first-order valence-corrected chi connectivity index (χ1v) is 11.2. The summed E-state index contributed by atoms with van der Waals surface area (Å²) in [7, 11) is 4.24. The van der Waals surface area contributed by atoms with Gasteiger partial charge >= 0.3 is 0 Å². The van der Waals surface area contributed by atoms with Crippen LogP contribution in [0.5, 0.6) is 0 Å². The molecular formula is C22H22Cl2N4OS. The van der Waals surface area contributed by atoms with Crippen LogP contribution in [0.15, 0.2) is 42.5 Å². The predicted octanol–water partition coefficient (Wildman–Crippen LogP) is 5.40. The van der Waals surface area contributed by atoms with Crippen LogP contribution in [0.4, 0.5) is 10.8 Å². The third kappa shape index (κ3) is 4.78. The zero-order chi connectivity index (χ0) is 21.3. The minimum Gasteiger partial charge on any atom is -0.346 e. The predicted molar refractivity (Wildman–Crippen MR) is 128 cm³/mol. The number of halogens is 2. The number of hydrogen-bond acceptors (Lipinski definition) is 5. The number of likely N-dealkylation sites (N-methyl/N-ethyl adjacent to an activating group) is 1. The number of fused-ring (bicyclic) bond motifs is 1. The van der Waals surface area contributed by atoms with Crippen molar-refractivity contribution in [2.45, 2.75) is 12.5 Å². The molecular weight excluding hydrogens is 439 g/mol. The van der Waals surface area contributed by atoms with Gasteiger partial charge in [-0.25, -0.2) is 4.98 Å². The number of thiazole rings is 1. The van der Waals surface area contributed by atoms with Crippen molar-refractivity contribution >= 4 is 67.6 Å². The van der Waals surface area contributed by atoms with Crippen LogP contribution in [0.3, 0.4) is 0 Å². The second kappa shape index (κ2) is 8.94. The lowest BCUT2D eigenvalue weighted by atomic mass is 10.2. The highest BCUT2D eigenvalue weighted by molar-refractivity contribution is 7.22. The van der Waals surface area contributed by atoms with Gasteiger partial charge in [-0.2, -0.15) is 0 Å². The SMILES string of the molecule is CN(C)C1CCN(c2nc3ccc(NC(=O)/C=C/c4ccc(Cl)c(Cl)c4)cc3s2)C1. The molecule has 1 aliphatic rings. The van der Waals surface area contributed by atoms with E-state index in [1.165, 1.54) is 6.08 Å². The topological polar surface area (TPSA) is 48.5 Å². The Labute approximate surface area is 189 Å². The Morgan fingerprint density at radius 3 is 2.80 bits per heavy atom. The van der Waals surface area contributed by atoms with E-state index in [-0.39, 0.29) is 5.91 Å². The Morgan fingerprint density at radius 2 is 2.07 bits per heavy atom. The number of rotatable bonds is 5. The van der Waals surface area contributed by atoms with Gasteiger partial charge in [0.15, 0.2) is 5.13 Å². The zero-order valence-electron chi connectivity index (χ0n) is 16.7. The van der Waals surface area contributed by atoms with Crippen molar-refractivity contribution < 1.29 is 4.79 Å². The van der Waals surface area contributed by atoms with Gasteiger partial charge in [-0.15, -0.1) is 0 Å². The minimum absolute atomic E-state index is 0.210. The van der Waals surface area contributed by atoms with Crippen molar-refractivity contribution in [1.82, 2.24) is 9.88 Å². The van der Waals surface area contributed by atoms with Crippen LogP contribution in [-0.4, -0.2) is 49.0 Å². The molecule has 1 aliphatic heterocycles. The highest BCUT2D eigenvalue weighted by Crippen LogP contribution is 2.33. The molecule has 1 atom stereocenters. The summed E-state index contributed by atoms with van der Waals surface area (Å²) in [5.74, 6) is -0.210. The Hall–Kier alpha value is -2.12. The summed E-state index contributed by atoms with van der Waals surface area (Å²) in [5, 5.41) is 4.89. The Bertz CT molecular complexity index is 1110. The molecule has 1 unspecified atom stereocenters. The summed E-state index contributed by atoms with van der Waals surface area (Å²) >= 11 is 13.6. The first-order valence-electron chi connectivity index (χ1n) is 9.65. The van der Waals surface area contributed by atoms with Gasteiger partial charge in [0.1, 0.15) is 0 Å². The fraction of sp³-hybridized carbons (Fsp3) is 0.273. The molecule has 30 heavy (non-hydrogen) atoms. The summed E-state index contributed by atoms with van der Waals surface area (Å²) in [5.41, 5.74) is 2.51. The van der Waals surface area contributed by atoms with E-state index in [4.69, 9.17) is 28.2 Å². The molecule has 1 N–H and O–H groups in total. The summed E-state index contributed by atoms with van der Waals surface area (Å²) in [6, 6.07) is 11.6. The second-order valence-corrected chi connectivity index (χ2v) is 9.35. The van der Waals surface area contributed by atoms with Gasteiger partial charge < -0.3 is 15.1 Å². The maximum absolute atomic E-state index is 12.3. The number of anilines is 2. The minimum atomic E-state index is -0.210. The van der Waals surface area contributed by atoms with Crippen LogP contribution >= 0.6 is 34.5 Å². The number of nitrogens with one attached hydrogen (secondary N) is 1. The van der Waals surface area contributed by atoms with Gasteiger partial charge in [0.25, 0.3) is 0 Å². The molecule has 4 rings (SSSR count). The van der Waals surface area contributed by atoms with Crippen molar-refractivity contribution in [2.75, 3.05) is 37.4 Å². The monoisotopic (exact) mass is 460 g/mol. The highest BCUT2D eigenvalue weighted by Gasteiger charge is 2.26. The molecule has 0 bridgehead atoms. The standard InChI is InChI=1S/C22H22Cl2N4OS/c1-27(2)16-9-10-28(13-16)22-26-19-7-5-15(12-20(19)30-22)25-21(29)8-4-14-3-6-17(23)18(24)11-14/h3-8,11-12,16H,9-10,13H2,1-2H3,(H,25,29)/b8-4+. The third-order valence-electron chi connectivity index (χ3n) is 5.18. The summed E-state index contributed by atoms with van der Waals surface area (Å²) < 4.78 is 1.06. The van der Waals surface area contributed by atoms with Crippen LogP contribution in [0.1, 0.15) is 12.0 Å². The molecule has 5 nitrogen and oxygen atoms in total. The first kappa shape index (κ1) is 21.1. The summed E-state index contributed by atoms with van der Waals surface area (Å²) in [6.07, 6.45) is 4.33. The van der Waals surface area contributed by atoms with E-state index >= 15 is 0 Å². The molecule has 1 amide bonds.